The van der Waals surface area contributed by atoms with Gasteiger partial charge in [0, 0.05) is 18.0 Å². The van der Waals surface area contributed by atoms with Gasteiger partial charge in [0.05, 0.1) is 4.92 Å². The predicted molar refractivity (Wildman–Crippen MR) is 83.4 cm³/mol. The van der Waals surface area contributed by atoms with Crippen LogP contribution in [-0.2, 0) is 0 Å². The molecule has 104 valence electrons. The van der Waals surface area contributed by atoms with Crippen molar-refractivity contribution in [2.24, 2.45) is 0 Å². The number of nitro groups is 1. The van der Waals surface area contributed by atoms with Gasteiger partial charge < -0.3 is 4.90 Å². The van der Waals surface area contributed by atoms with E-state index in [9.17, 15) is 10.1 Å². The number of nitrogens with zero attached hydrogens (tertiary/aromatic N) is 2. The lowest BCUT2D eigenvalue weighted by molar-refractivity contribution is -0.425. The molecule has 1 heterocycles. The van der Waals surface area contributed by atoms with E-state index in [0.717, 1.165) is 16.8 Å². The Morgan fingerprint density at radius 1 is 1.00 bits per heavy atom. The van der Waals surface area contributed by atoms with E-state index in [0.29, 0.717) is 0 Å². The second kappa shape index (κ2) is 5.63. The van der Waals surface area contributed by atoms with Crippen molar-refractivity contribution in [1.29, 1.82) is 0 Å². The molecule has 4 heteroatoms. The summed E-state index contributed by atoms with van der Waals surface area (Å²) in [6.45, 7) is 0.280. The summed E-state index contributed by atoms with van der Waals surface area (Å²) in [5.74, 6) is 0. The summed E-state index contributed by atoms with van der Waals surface area (Å²) in [6, 6.07) is 18.1. The quantitative estimate of drug-likeness (QED) is 0.633. The lowest BCUT2D eigenvalue weighted by Gasteiger charge is -2.21. The molecule has 2 aromatic carbocycles. The fraction of sp³-hybridized carbons (Fsp3) is 0.0588. The molecule has 0 N–H and O–H groups in total. The average Bonchev–Trinajstić information content (AvgIpc) is 2.56. The first-order valence-electron chi connectivity index (χ1n) is 6.68. The van der Waals surface area contributed by atoms with E-state index in [1.807, 2.05) is 65.7 Å². The van der Waals surface area contributed by atoms with Crippen molar-refractivity contribution >= 4 is 5.69 Å². The summed E-state index contributed by atoms with van der Waals surface area (Å²) in [7, 11) is 0. The highest BCUT2D eigenvalue weighted by Crippen LogP contribution is 2.26. The van der Waals surface area contributed by atoms with Crippen LogP contribution in [0.15, 0.2) is 78.6 Å². The molecule has 0 radical (unpaired) electrons. The molecule has 1 aliphatic heterocycles. The highest BCUT2D eigenvalue weighted by atomic mass is 16.6. The fourth-order valence-corrected chi connectivity index (χ4v) is 2.33. The van der Waals surface area contributed by atoms with E-state index >= 15 is 0 Å². The van der Waals surface area contributed by atoms with Gasteiger partial charge in [-0.25, -0.2) is 0 Å². The Balaban J connectivity index is 1.89. The van der Waals surface area contributed by atoms with Crippen molar-refractivity contribution in [2.75, 3.05) is 11.4 Å². The molecule has 0 unspecified atom stereocenters. The van der Waals surface area contributed by atoms with Crippen molar-refractivity contribution in [3.63, 3.8) is 0 Å². The summed E-state index contributed by atoms with van der Waals surface area (Å²) in [5.41, 5.74) is 3.37. The standard InChI is InChI=1S/C17H14N2O2/c20-19(21)17-10-5-11-18(13-17)16-9-4-8-15(12-16)14-6-2-1-3-7-14/h1-12H,13H2. The zero-order valence-electron chi connectivity index (χ0n) is 11.3. The van der Waals surface area contributed by atoms with E-state index in [-0.39, 0.29) is 17.2 Å². The summed E-state index contributed by atoms with van der Waals surface area (Å²) >= 11 is 0. The SMILES string of the molecule is O=[N+]([O-])C1=CC=CN(c2cccc(-c3ccccc3)c2)C1. The minimum absolute atomic E-state index is 0.197. The lowest BCUT2D eigenvalue weighted by atomic mass is 10.0. The summed E-state index contributed by atoms with van der Waals surface area (Å²) < 4.78 is 0. The van der Waals surface area contributed by atoms with Crippen LogP contribution in [-0.4, -0.2) is 11.5 Å². The van der Waals surface area contributed by atoms with Crippen molar-refractivity contribution in [3.05, 3.63) is 88.8 Å². The number of anilines is 1. The van der Waals surface area contributed by atoms with Crippen LogP contribution in [0.5, 0.6) is 0 Å². The van der Waals surface area contributed by atoms with Crippen LogP contribution < -0.4 is 4.90 Å². The van der Waals surface area contributed by atoms with E-state index in [4.69, 9.17) is 0 Å². The molecule has 0 bridgehead atoms. The molecule has 3 rings (SSSR count). The minimum atomic E-state index is -0.336. The van der Waals surface area contributed by atoms with Crippen LogP contribution in [0.3, 0.4) is 0 Å². The Kier molecular flexibility index (Phi) is 3.51. The molecular weight excluding hydrogens is 264 g/mol. The largest absolute Gasteiger partial charge is 0.337 e. The first-order chi connectivity index (χ1) is 10.2. The molecule has 0 fully saturated rings. The van der Waals surface area contributed by atoms with Crippen molar-refractivity contribution < 1.29 is 4.92 Å². The molecule has 0 amide bonds. The summed E-state index contributed by atoms with van der Waals surface area (Å²) in [6.07, 6.45) is 5.10. The average molecular weight is 278 g/mol. The van der Waals surface area contributed by atoms with Crippen molar-refractivity contribution in [3.8, 4) is 11.1 Å². The smallest absolute Gasteiger partial charge is 0.265 e. The molecule has 1 aliphatic rings. The fourth-order valence-electron chi connectivity index (χ4n) is 2.33. The van der Waals surface area contributed by atoms with Gasteiger partial charge in [-0.2, -0.15) is 0 Å². The van der Waals surface area contributed by atoms with Gasteiger partial charge in [-0.05, 0) is 29.3 Å². The van der Waals surface area contributed by atoms with Crippen molar-refractivity contribution in [2.45, 2.75) is 0 Å². The Bertz CT molecular complexity index is 721. The molecule has 21 heavy (non-hydrogen) atoms. The maximum absolute atomic E-state index is 10.9. The molecule has 4 nitrogen and oxygen atoms in total. The molecule has 0 spiro atoms. The topological polar surface area (TPSA) is 46.4 Å². The van der Waals surface area contributed by atoms with Gasteiger partial charge in [-0.1, -0.05) is 42.5 Å². The first-order valence-corrected chi connectivity index (χ1v) is 6.68. The minimum Gasteiger partial charge on any atom is -0.337 e. The second-order valence-corrected chi connectivity index (χ2v) is 4.80. The van der Waals surface area contributed by atoms with E-state index < -0.39 is 0 Å². The van der Waals surface area contributed by atoms with E-state index in [2.05, 4.69) is 0 Å². The molecule has 0 aromatic heterocycles. The van der Waals surface area contributed by atoms with Gasteiger partial charge in [-0.3, -0.25) is 10.1 Å². The van der Waals surface area contributed by atoms with Gasteiger partial charge in [0.25, 0.3) is 5.70 Å². The predicted octanol–water partition coefficient (Wildman–Crippen LogP) is 3.85. The van der Waals surface area contributed by atoms with Crippen LogP contribution in [0.2, 0.25) is 0 Å². The van der Waals surface area contributed by atoms with Crippen LogP contribution in [0, 0.1) is 10.1 Å². The normalized spacial score (nSPS) is 13.9. The number of hydrogen-bond donors (Lipinski definition) is 0. The van der Waals surface area contributed by atoms with Gasteiger partial charge in [0.15, 0.2) is 0 Å². The third-order valence-corrected chi connectivity index (χ3v) is 3.41. The third-order valence-electron chi connectivity index (χ3n) is 3.41. The van der Waals surface area contributed by atoms with Crippen LogP contribution in [0.25, 0.3) is 11.1 Å². The van der Waals surface area contributed by atoms with E-state index in [1.54, 1.807) is 6.08 Å². The highest BCUT2D eigenvalue weighted by Gasteiger charge is 2.18. The zero-order chi connectivity index (χ0) is 14.7. The number of allylic oxidation sites excluding steroid dienone is 2. The van der Waals surface area contributed by atoms with Gasteiger partial charge in [0.1, 0.15) is 6.54 Å². The molecule has 0 aliphatic carbocycles. The molecule has 0 atom stereocenters. The maximum atomic E-state index is 10.9. The summed E-state index contributed by atoms with van der Waals surface area (Å²) in [4.78, 5) is 12.4. The van der Waals surface area contributed by atoms with Crippen LogP contribution >= 0.6 is 0 Å². The molecule has 0 saturated heterocycles. The molecule has 2 aromatic rings. The summed E-state index contributed by atoms with van der Waals surface area (Å²) in [5, 5.41) is 10.9. The van der Waals surface area contributed by atoms with Crippen LogP contribution in [0.1, 0.15) is 0 Å². The second-order valence-electron chi connectivity index (χ2n) is 4.80. The van der Waals surface area contributed by atoms with Crippen LogP contribution in [0.4, 0.5) is 5.69 Å². The molecule has 0 saturated carbocycles. The van der Waals surface area contributed by atoms with Gasteiger partial charge in [0.2, 0.25) is 0 Å². The number of hydrogen-bond acceptors (Lipinski definition) is 3. The number of benzene rings is 2. The molecular formula is C17H14N2O2. The Hall–Kier alpha value is -2.88. The third kappa shape index (κ3) is 2.84. The van der Waals surface area contributed by atoms with E-state index in [1.165, 1.54) is 6.08 Å². The Morgan fingerprint density at radius 2 is 1.76 bits per heavy atom. The highest BCUT2D eigenvalue weighted by molar-refractivity contribution is 5.69. The monoisotopic (exact) mass is 278 g/mol. The zero-order valence-corrected chi connectivity index (χ0v) is 11.3. The lowest BCUT2D eigenvalue weighted by Crippen LogP contribution is -2.24. The van der Waals surface area contributed by atoms with Gasteiger partial charge >= 0.3 is 0 Å². The maximum Gasteiger partial charge on any atom is 0.265 e. The first kappa shape index (κ1) is 13.1. The van der Waals surface area contributed by atoms with Gasteiger partial charge in [-0.15, -0.1) is 0 Å². The Morgan fingerprint density at radius 3 is 2.52 bits per heavy atom. The number of rotatable bonds is 3. The van der Waals surface area contributed by atoms with Crippen molar-refractivity contribution in [1.82, 2.24) is 0 Å². The Labute approximate surface area is 122 Å².